The molecular formula is C17H20O3. The Labute approximate surface area is 119 Å². The fourth-order valence-electron chi connectivity index (χ4n) is 2.02. The van der Waals surface area contributed by atoms with Gasteiger partial charge in [-0.3, -0.25) is 0 Å². The highest BCUT2D eigenvalue weighted by Gasteiger charge is 2.12. The molecule has 2 rings (SSSR count). The molecule has 2 aromatic rings. The maximum absolute atomic E-state index is 9.54. The molecule has 0 fully saturated rings. The first-order chi connectivity index (χ1) is 9.74. The van der Waals surface area contributed by atoms with Crippen molar-refractivity contribution >= 4 is 0 Å². The number of aliphatic hydroxyl groups is 1. The van der Waals surface area contributed by atoms with Gasteiger partial charge in [-0.25, -0.2) is 0 Å². The molecule has 0 aliphatic heterocycles. The SMILES string of the molecule is COc1ccccc1OCC(CO)c1ccc(C)cc1. The number of aryl methyl sites for hydroxylation is 1. The third-order valence-corrected chi connectivity index (χ3v) is 3.28. The van der Waals surface area contributed by atoms with Crippen LogP contribution in [0.15, 0.2) is 48.5 Å². The minimum absolute atomic E-state index is 0.0412. The van der Waals surface area contributed by atoms with E-state index < -0.39 is 0 Å². The van der Waals surface area contributed by atoms with Gasteiger partial charge in [0, 0.05) is 5.92 Å². The molecular weight excluding hydrogens is 252 g/mol. The number of para-hydroxylation sites is 2. The molecule has 0 radical (unpaired) electrons. The van der Waals surface area contributed by atoms with E-state index in [9.17, 15) is 5.11 Å². The summed E-state index contributed by atoms with van der Waals surface area (Å²) in [6.07, 6.45) is 0. The lowest BCUT2D eigenvalue weighted by Gasteiger charge is -2.17. The largest absolute Gasteiger partial charge is 0.493 e. The summed E-state index contributed by atoms with van der Waals surface area (Å²) < 4.78 is 11.0. The van der Waals surface area contributed by atoms with Crippen LogP contribution in [0.25, 0.3) is 0 Å². The van der Waals surface area contributed by atoms with Crippen molar-refractivity contribution in [1.82, 2.24) is 0 Å². The predicted molar refractivity (Wildman–Crippen MR) is 79.5 cm³/mol. The fraction of sp³-hybridized carbons (Fsp3) is 0.294. The molecule has 0 aliphatic carbocycles. The van der Waals surface area contributed by atoms with Crippen LogP contribution in [0.1, 0.15) is 17.0 Å². The van der Waals surface area contributed by atoms with Gasteiger partial charge in [0.25, 0.3) is 0 Å². The monoisotopic (exact) mass is 272 g/mol. The maximum atomic E-state index is 9.54. The van der Waals surface area contributed by atoms with Crippen molar-refractivity contribution in [1.29, 1.82) is 0 Å². The molecule has 0 spiro atoms. The number of hydrogen-bond donors (Lipinski definition) is 1. The summed E-state index contributed by atoms with van der Waals surface area (Å²) in [6.45, 7) is 2.52. The van der Waals surface area contributed by atoms with E-state index in [0.717, 1.165) is 5.56 Å². The molecule has 0 bridgehead atoms. The molecule has 1 atom stereocenters. The molecule has 0 saturated carbocycles. The van der Waals surface area contributed by atoms with Gasteiger partial charge in [0.15, 0.2) is 11.5 Å². The lowest BCUT2D eigenvalue weighted by atomic mass is 10.00. The van der Waals surface area contributed by atoms with E-state index >= 15 is 0 Å². The van der Waals surface area contributed by atoms with E-state index in [-0.39, 0.29) is 12.5 Å². The summed E-state index contributed by atoms with van der Waals surface area (Å²) >= 11 is 0. The van der Waals surface area contributed by atoms with Crippen LogP contribution in [0.4, 0.5) is 0 Å². The fourth-order valence-corrected chi connectivity index (χ4v) is 2.02. The van der Waals surface area contributed by atoms with Gasteiger partial charge in [-0.1, -0.05) is 42.0 Å². The standard InChI is InChI=1S/C17H20O3/c1-13-7-9-14(10-8-13)15(11-18)12-20-17-6-4-3-5-16(17)19-2/h3-10,15,18H,11-12H2,1-2H3. The second-order valence-corrected chi connectivity index (χ2v) is 4.75. The van der Waals surface area contributed by atoms with Gasteiger partial charge in [0.2, 0.25) is 0 Å². The highest BCUT2D eigenvalue weighted by molar-refractivity contribution is 5.39. The van der Waals surface area contributed by atoms with Gasteiger partial charge in [-0.05, 0) is 24.6 Å². The van der Waals surface area contributed by atoms with E-state index in [0.29, 0.717) is 18.1 Å². The normalized spacial score (nSPS) is 11.9. The van der Waals surface area contributed by atoms with Crippen LogP contribution in [-0.4, -0.2) is 25.4 Å². The van der Waals surface area contributed by atoms with Crippen molar-refractivity contribution in [3.05, 3.63) is 59.7 Å². The Kier molecular flexibility index (Phi) is 5.02. The molecule has 0 saturated heterocycles. The molecule has 1 N–H and O–H groups in total. The molecule has 0 amide bonds. The van der Waals surface area contributed by atoms with E-state index in [2.05, 4.69) is 0 Å². The molecule has 20 heavy (non-hydrogen) atoms. The van der Waals surface area contributed by atoms with Crippen molar-refractivity contribution in [2.75, 3.05) is 20.3 Å². The first kappa shape index (κ1) is 14.4. The van der Waals surface area contributed by atoms with Crippen molar-refractivity contribution in [3.63, 3.8) is 0 Å². The summed E-state index contributed by atoms with van der Waals surface area (Å²) in [5.41, 5.74) is 2.28. The van der Waals surface area contributed by atoms with E-state index in [1.807, 2.05) is 55.5 Å². The maximum Gasteiger partial charge on any atom is 0.161 e. The smallest absolute Gasteiger partial charge is 0.161 e. The van der Waals surface area contributed by atoms with Crippen molar-refractivity contribution in [3.8, 4) is 11.5 Å². The molecule has 0 aromatic heterocycles. The van der Waals surface area contributed by atoms with Crippen LogP contribution in [0.3, 0.4) is 0 Å². The molecule has 0 aliphatic rings. The van der Waals surface area contributed by atoms with Crippen molar-refractivity contribution < 1.29 is 14.6 Å². The number of rotatable bonds is 6. The lowest BCUT2D eigenvalue weighted by Crippen LogP contribution is -2.14. The van der Waals surface area contributed by atoms with Gasteiger partial charge in [-0.15, -0.1) is 0 Å². The van der Waals surface area contributed by atoms with Crippen molar-refractivity contribution in [2.24, 2.45) is 0 Å². The lowest BCUT2D eigenvalue weighted by molar-refractivity contribution is 0.201. The summed E-state index contributed by atoms with van der Waals surface area (Å²) in [4.78, 5) is 0. The summed E-state index contributed by atoms with van der Waals surface area (Å²) in [5, 5.41) is 9.54. The van der Waals surface area contributed by atoms with Crippen LogP contribution in [-0.2, 0) is 0 Å². The zero-order valence-corrected chi connectivity index (χ0v) is 11.9. The van der Waals surface area contributed by atoms with Gasteiger partial charge in [0.1, 0.15) is 0 Å². The first-order valence-corrected chi connectivity index (χ1v) is 6.68. The Morgan fingerprint density at radius 1 is 1.00 bits per heavy atom. The number of hydrogen-bond acceptors (Lipinski definition) is 3. The predicted octanol–water partition coefficient (Wildman–Crippen LogP) is 3.16. The van der Waals surface area contributed by atoms with Gasteiger partial charge >= 0.3 is 0 Å². The Morgan fingerprint density at radius 3 is 2.25 bits per heavy atom. The second-order valence-electron chi connectivity index (χ2n) is 4.75. The first-order valence-electron chi connectivity index (χ1n) is 6.68. The zero-order valence-electron chi connectivity index (χ0n) is 11.9. The van der Waals surface area contributed by atoms with E-state index in [1.165, 1.54) is 5.56 Å². The van der Waals surface area contributed by atoms with E-state index in [1.54, 1.807) is 7.11 Å². The zero-order chi connectivity index (χ0) is 14.4. The quantitative estimate of drug-likeness (QED) is 0.878. The van der Waals surface area contributed by atoms with Gasteiger partial charge < -0.3 is 14.6 Å². The molecule has 3 nitrogen and oxygen atoms in total. The average molecular weight is 272 g/mol. The molecule has 106 valence electrons. The number of aliphatic hydroxyl groups excluding tert-OH is 1. The Bertz CT molecular complexity index is 534. The minimum Gasteiger partial charge on any atom is -0.493 e. The number of ether oxygens (including phenoxy) is 2. The molecule has 2 aromatic carbocycles. The van der Waals surface area contributed by atoms with Gasteiger partial charge in [0.05, 0.1) is 20.3 Å². The molecule has 3 heteroatoms. The topological polar surface area (TPSA) is 38.7 Å². The summed E-state index contributed by atoms with van der Waals surface area (Å²) in [6, 6.07) is 15.7. The average Bonchev–Trinajstić information content (AvgIpc) is 2.50. The van der Waals surface area contributed by atoms with Crippen LogP contribution in [0, 0.1) is 6.92 Å². The second kappa shape index (κ2) is 6.96. The van der Waals surface area contributed by atoms with Crippen LogP contribution >= 0.6 is 0 Å². The summed E-state index contributed by atoms with van der Waals surface area (Å²) in [7, 11) is 1.62. The summed E-state index contributed by atoms with van der Waals surface area (Å²) in [5.74, 6) is 1.36. The highest BCUT2D eigenvalue weighted by Crippen LogP contribution is 2.27. The molecule has 0 heterocycles. The highest BCUT2D eigenvalue weighted by atomic mass is 16.5. The van der Waals surface area contributed by atoms with Gasteiger partial charge in [-0.2, -0.15) is 0 Å². The van der Waals surface area contributed by atoms with Crippen LogP contribution < -0.4 is 9.47 Å². The third kappa shape index (κ3) is 3.52. The Balaban J connectivity index is 2.05. The minimum atomic E-state index is -0.0412. The number of benzene rings is 2. The third-order valence-electron chi connectivity index (χ3n) is 3.28. The van der Waals surface area contributed by atoms with Crippen LogP contribution in [0.2, 0.25) is 0 Å². The number of methoxy groups -OCH3 is 1. The Morgan fingerprint density at radius 2 is 1.65 bits per heavy atom. The van der Waals surface area contributed by atoms with E-state index in [4.69, 9.17) is 9.47 Å². The molecule has 1 unspecified atom stereocenters. The van der Waals surface area contributed by atoms with Crippen molar-refractivity contribution in [2.45, 2.75) is 12.8 Å². The van der Waals surface area contributed by atoms with Crippen LogP contribution in [0.5, 0.6) is 11.5 Å². The Hall–Kier alpha value is -2.00.